The van der Waals surface area contributed by atoms with Crippen molar-refractivity contribution in [3.05, 3.63) is 70.8 Å². The number of hydrogen-bond donors (Lipinski definition) is 5. The zero-order chi connectivity index (χ0) is 44.2. The molecule has 8 nitrogen and oxygen atoms in total. The molecule has 0 unspecified atom stereocenters. The zero-order valence-corrected chi connectivity index (χ0v) is 38.8. The second-order valence-corrected chi connectivity index (χ2v) is 23.2. The number of carbonyl (C=O) groups excluding carboxylic acids is 2. The van der Waals surface area contributed by atoms with Crippen molar-refractivity contribution in [2.45, 2.75) is 186 Å². The van der Waals surface area contributed by atoms with Gasteiger partial charge in [0, 0.05) is 41.4 Å². The second-order valence-electron chi connectivity index (χ2n) is 23.2. The Morgan fingerprint density at radius 1 is 0.919 bits per heavy atom. The van der Waals surface area contributed by atoms with Crippen LogP contribution < -0.4 is 11.1 Å². The van der Waals surface area contributed by atoms with E-state index < -0.39 is 22.7 Å². The minimum Gasteiger partial charge on any atom is -0.508 e. The summed E-state index contributed by atoms with van der Waals surface area (Å²) in [6, 6.07) is 15.6. The number of rotatable bonds is 9. The van der Waals surface area contributed by atoms with Gasteiger partial charge >= 0.3 is 0 Å². The molecule has 9 rings (SSSR count). The van der Waals surface area contributed by atoms with E-state index >= 15 is 4.79 Å². The van der Waals surface area contributed by atoms with Crippen molar-refractivity contribution >= 4 is 17.3 Å². The summed E-state index contributed by atoms with van der Waals surface area (Å²) in [6.45, 7) is 16.4. The highest BCUT2D eigenvalue weighted by atomic mass is 16.6. The number of nitrogens with two attached hydrogens (primary N) is 1. The molecule has 8 heteroatoms. The number of benzene rings is 2. The van der Waals surface area contributed by atoms with Gasteiger partial charge in [0.2, 0.25) is 0 Å². The molecule has 0 amide bonds. The number of aromatic hydroxyl groups is 1. The van der Waals surface area contributed by atoms with Gasteiger partial charge in [0.1, 0.15) is 17.6 Å². The molecule has 62 heavy (non-hydrogen) atoms. The van der Waals surface area contributed by atoms with Crippen LogP contribution in [-0.4, -0.2) is 62.9 Å². The van der Waals surface area contributed by atoms with Crippen molar-refractivity contribution < 1.29 is 29.6 Å². The van der Waals surface area contributed by atoms with Crippen molar-refractivity contribution in [3.8, 4) is 5.75 Å². The standard InChI is InChI=1S/C54H76N2O6/c1-8-14-34(27-42(58)48-54(7,62-48)39-20-13-19-37(39)32-15-11-17-35(55)25-32)45-40-21-22-44-51(4)28-38(33-16-12-18-36(57)26-33)47(60)50(3)24-10-9-23-49(2,61)31-56-41(46(50)51)29-53(44,6)52(40,5)30-43(45)59/h11-12,15-18,25-26,34,37-39,41-42,44,46,48,56-58,61H,8-10,13-14,19-24,27-31,55H2,1-7H3/t34-,37+,38-,39-,41+,42-,44-,46+,48-,49-,50-,51+,52+,53+,54-/m1/s1. The van der Waals surface area contributed by atoms with E-state index in [1.807, 2.05) is 31.2 Å². The number of ketones is 2. The lowest BCUT2D eigenvalue weighted by molar-refractivity contribution is -0.198. The van der Waals surface area contributed by atoms with Crippen LogP contribution >= 0.6 is 0 Å². The van der Waals surface area contributed by atoms with Crippen LogP contribution in [0.15, 0.2) is 59.7 Å². The summed E-state index contributed by atoms with van der Waals surface area (Å²) >= 11 is 0. The normalized spacial score (nSPS) is 44.0. The summed E-state index contributed by atoms with van der Waals surface area (Å²) in [6.07, 6.45) is 11.7. The topological polar surface area (TPSA) is 145 Å². The highest BCUT2D eigenvalue weighted by Gasteiger charge is 2.72. The predicted octanol–water partition coefficient (Wildman–Crippen LogP) is 9.95. The number of β-amino-alcohol motifs (C(OH)–C–C–N with tert-alkyl or cyclic N) is 1. The van der Waals surface area contributed by atoms with Crippen LogP contribution in [0.4, 0.5) is 5.69 Å². The third-order valence-electron chi connectivity index (χ3n) is 19.4. The van der Waals surface area contributed by atoms with Crippen LogP contribution in [0, 0.1) is 45.3 Å². The molecule has 0 aromatic heterocycles. The number of nitrogen functional groups attached to an aromatic ring is 1. The fourth-order valence-electron chi connectivity index (χ4n) is 16.5. The number of ether oxygens (including phenoxy) is 1. The Labute approximate surface area is 371 Å². The fourth-order valence-corrected chi connectivity index (χ4v) is 16.5. The largest absolute Gasteiger partial charge is 0.508 e. The molecular formula is C54H76N2O6. The Bertz CT molecular complexity index is 2110. The summed E-state index contributed by atoms with van der Waals surface area (Å²) in [4.78, 5) is 30.1. The van der Waals surface area contributed by atoms with Crippen LogP contribution in [0.3, 0.4) is 0 Å². The van der Waals surface area contributed by atoms with Crippen molar-refractivity contribution in [3.63, 3.8) is 0 Å². The van der Waals surface area contributed by atoms with Crippen LogP contribution in [0.5, 0.6) is 5.75 Å². The molecule has 2 aromatic carbocycles. The van der Waals surface area contributed by atoms with Gasteiger partial charge in [0.25, 0.3) is 0 Å². The molecule has 338 valence electrons. The van der Waals surface area contributed by atoms with E-state index in [4.69, 9.17) is 10.5 Å². The van der Waals surface area contributed by atoms with E-state index in [0.29, 0.717) is 49.8 Å². The molecule has 2 heterocycles. The van der Waals surface area contributed by atoms with Crippen LogP contribution in [0.2, 0.25) is 0 Å². The van der Waals surface area contributed by atoms with Crippen molar-refractivity contribution in [2.24, 2.45) is 45.3 Å². The SMILES string of the molecule is CCC[C@H](C[C@@H](O)[C@H]1O[C@]1(C)[C@@H]1CCC[C@H]1c1cccc(N)c1)C1=C2CC[C@@H]3[C@]4(C)C[C@H](c5cccc(O)c5)C(=O)[C@]5(C)CCCC[C@@](C)(O)CN[C@@H](C[C@]3(C)[C@@]2(C)CC1=O)[C@H]45. The van der Waals surface area contributed by atoms with Crippen LogP contribution in [-0.2, 0) is 14.3 Å². The van der Waals surface area contributed by atoms with Crippen molar-refractivity contribution in [1.29, 1.82) is 0 Å². The van der Waals surface area contributed by atoms with Crippen molar-refractivity contribution in [2.75, 3.05) is 12.3 Å². The molecule has 5 aliphatic carbocycles. The number of nitrogens with one attached hydrogen (secondary N) is 1. The average molecular weight is 849 g/mol. The monoisotopic (exact) mass is 849 g/mol. The number of Topliss-reactive ketones (excluding diaryl/α,β-unsaturated/α-hetero) is 2. The smallest absolute Gasteiger partial charge is 0.160 e. The van der Waals surface area contributed by atoms with E-state index in [9.17, 15) is 20.1 Å². The summed E-state index contributed by atoms with van der Waals surface area (Å²) in [5, 5.41) is 38.4. The first-order valence-corrected chi connectivity index (χ1v) is 24.6. The molecule has 0 bridgehead atoms. The molecule has 0 radical (unpaired) electrons. The van der Waals surface area contributed by atoms with Gasteiger partial charge in [0.15, 0.2) is 5.78 Å². The van der Waals surface area contributed by atoms with Gasteiger partial charge < -0.3 is 31.1 Å². The summed E-state index contributed by atoms with van der Waals surface area (Å²) in [5.41, 5.74) is 8.71. The minimum absolute atomic E-state index is 0.0232. The Morgan fingerprint density at radius 2 is 1.66 bits per heavy atom. The zero-order valence-electron chi connectivity index (χ0n) is 38.8. The van der Waals surface area contributed by atoms with E-state index in [1.165, 1.54) is 11.1 Å². The minimum atomic E-state index is -0.855. The maximum absolute atomic E-state index is 15.2. The number of aliphatic hydroxyl groups excluding tert-OH is 1. The lowest BCUT2D eigenvalue weighted by Gasteiger charge is -2.71. The van der Waals surface area contributed by atoms with Gasteiger partial charge in [0.05, 0.1) is 17.3 Å². The number of epoxide rings is 1. The van der Waals surface area contributed by atoms with Gasteiger partial charge in [-0.15, -0.1) is 0 Å². The average Bonchev–Trinajstić information content (AvgIpc) is 3.51. The maximum Gasteiger partial charge on any atom is 0.160 e. The third kappa shape index (κ3) is 6.88. The van der Waals surface area contributed by atoms with Gasteiger partial charge in [-0.25, -0.2) is 0 Å². The summed E-state index contributed by atoms with van der Waals surface area (Å²) < 4.78 is 6.58. The number of phenols is 1. The number of carbonyl (C=O) groups is 2. The van der Waals surface area contributed by atoms with Gasteiger partial charge in [-0.1, -0.05) is 90.1 Å². The number of allylic oxidation sites excluding steroid dienone is 2. The Kier molecular flexibility index (Phi) is 11.1. The molecule has 2 aromatic rings. The number of fused-ring (bicyclic) bond motifs is 4. The molecule has 7 aliphatic rings. The predicted molar refractivity (Wildman–Crippen MR) is 244 cm³/mol. The lowest BCUT2D eigenvalue weighted by atomic mass is 9.34. The Hall–Kier alpha value is -3.04. The van der Waals surface area contributed by atoms with Crippen LogP contribution in [0.1, 0.15) is 168 Å². The number of phenolic OH excluding ortho intramolecular Hbond substituents is 1. The van der Waals surface area contributed by atoms with Gasteiger partial charge in [-0.05, 0) is 159 Å². The molecular weight excluding hydrogens is 773 g/mol. The molecule has 6 fully saturated rings. The lowest BCUT2D eigenvalue weighted by Crippen LogP contribution is -2.70. The van der Waals surface area contributed by atoms with E-state index in [0.717, 1.165) is 87.5 Å². The van der Waals surface area contributed by atoms with Gasteiger partial charge in [-0.2, -0.15) is 0 Å². The Balaban J connectivity index is 1.05. The first-order chi connectivity index (χ1) is 29.3. The molecule has 2 saturated heterocycles. The quantitative estimate of drug-likeness (QED) is 0.124. The molecule has 4 saturated carbocycles. The molecule has 0 spiro atoms. The van der Waals surface area contributed by atoms with E-state index in [1.54, 1.807) is 12.1 Å². The third-order valence-corrected chi connectivity index (χ3v) is 19.4. The fraction of sp³-hybridized carbons (Fsp3) is 0.704. The van der Waals surface area contributed by atoms with Crippen LogP contribution in [0.25, 0.3) is 0 Å². The van der Waals surface area contributed by atoms with Gasteiger partial charge in [-0.3, -0.25) is 9.59 Å². The number of hydrogen-bond acceptors (Lipinski definition) is 8. The van der Waals surface area contributed by atoms with E-state index in [-0.39, 0.29) is 63.6 Å². The Morgan fingerprint density at radius 3 is 2.40 bits per heavy atom. The van der Waals surface area contributed by atoms with Crippen molar-refractivity contribution in [1.82, 2.24) is 5.32 Å². The number of aliphatic hydroxyl groups is 2. The maximum atomic E-state index is 15.2. The molecule has 15 atom stereocenters. The highest BCUT2D eigenvalue weighted by Crippen LogP contribution is 2.75. The second kappa shape index (κ2) is 15.6. The molecule has 2 aliphatic heterocycles. The first kappa shape index (κ1) is 44.2. The van der Waals surface area contributed by atoms with E-state index in [2.05, 4.69) is 59.0 Å². The molecule has 6 N–H and O–H groups in total. The highest BCUT2D eigenvalue weighted by molar-refractivity contribution is 6.01. The summed E-state index contributed by atoms with van der Waals surface area (Å²) in [7, 11) is 0. The summed E-state index contributed by atoms with van der Waals surface area (Å²) in [5.74, 6) is 1.34. The number of anilines is 1. The first-order valence-electron chi connectivity index (χ1n) is 24.6.